The number of rotatable bonds is 5. The monoisotopic (exact) mass is 345 g/mol. The maximum atomic E-state index is 12.4. The van der Waals surface area contributed by atoms with Crippen LogP contribution in [0, 0.1) is 0 Å². The second-order valence-corrected chi connectivity index (χ2v) is 6.86. The number of hydrogen-bond donors (Lipinski definition) is 1. The predicted octanol–water partition coefficient (Wildman–Crippen LogP) is 3.43. The van der Waals surface area contributed by atoms with Crippen LogP contribution in [-0.4, -0.2) is 34.4 Å². The molecule has 2 aromatic carbocycles. The molecule has 1 aliphatic rings. The Morgan fingerprint density at radius 3 is 2.61 bits per heavy atom. The van der Waals surface area contributed by atoms with Crippen LogP contribution >= 0.6 is 23.4 Å². The molecule has 0 saturated heterocycles. The normalized spacial score (nSPS) is 14.1. The average molecular weight is 346 g/mol. The highest BCUT2D eigenvalue weighted by atomic mass is 35.5. The minimum Gasteiger partial charge on any atom is -0.290 e. The van der Waals surface area contributed by atoms with Gasteiger partial charge in [-0.3, -0.25) is 10.1 Å². The lowest BCUT2D eigenvalue weighted by atomic mass is 10.1. The van der Waals surface area contributed by atoms with Crippen molar-refractivity contribution in [2.75, 3.05) is 18.8 Å². The van der Waals surface area contributed by atoms with Gasteiger partial charge in [0.15, 0.2) is 0 Å². The standard InChI is InChI=1S/C18H17ClN2OS/c19-16-8-6-15(7-9-16)17(22)13-21-10-11-23-18(21)20-12-14-4-2-1-3-5-14/h1-9H,10-13H2/p+1. The molecule has 0 atom stereocenters. The van der Waals surface area contributed by atoms with E-state index in [0.29, 0.717) is 17.1 Å². The minimum absolute atomic E-state index is 0.114. The second kappa shape index (κ2) is 7.66. The van der Waals surface area contributed by atoms with Gasteiger partial charge in [-0.05, 0) is 41.6 Å². The van der Waals surface area contributed by atoms with E-state index in [1.807, 2.05) is 18.2 Å². The fourth-order valence-electron chi connectivity index (χ4n) is 2.43. The molecule has 1 aliphatic heterocycles. The number of carbonyl (C=O) groups is 1. The Morgan fingerprint density at radius 1 is 1.13 bits per heavy atom. The van der Waals surface area contributed by atoms with Crippen molar-refractivity contribution < 1.29 is 9.37 Å². The zero-order valence-corrected chi connectivity index (χ0v) is 14.2. The van der Waals surface area contributed by atoms with E-state index in [9.17, 15) is 4.79 Å². The number of carbonyl (C=O) groups excluding carboxylic acids is 1. The Hall–Kier alpha value is -1.78. The molecule has 23 heavy (non-hydrogen) atoms. The molecule has 0 fully saturated rings. The lowest BCUT2D eigenvalue weighted by Gasteiger charge is -2.05. The van der Waals surface area contributed by atoms with Crippen molar-refractivity contribution in [1.29, 1.82) is 0 Å². The number of ketones is 1. The van der Waals surface area contributed by atoms with Crippen molar-refractivity contribution in [3.63, 3.8) is 0 Å². The summed E-state index contributed by atoms with van der Waals surface area (Å²) in [6, 6.07) is 17.3. The van der Waals surface area contributed by atoms with Crippen LogP contribution in [0.4, 0.5) is 0 Å². The lowest BCUT2D eigenvalue weighted by Crippen LogP contribution is -2.31. The van der Waals surface area contributed by atoms with Gasteiger partial charge in [0.1, 0.15) is 13.1 Å². The highest BCUT2D eigenvalue weighted by Gasteiger charge is 2.23. The summed E-state index contributed by atoms with van der Waals surface area (Å²) in [4.78, 5) is 12.4. The number of hydrogen-bond acceptors (Lipinski definition) is 3. The number of benzene rings is 2. The van der Waals surface area contributed by atoms with Crippen molar-refractivity contribution >= 4 is 34.3 Å². The molecule has 1 heterocycles. The van der Waals surface area contributed by atoms with Crippen LogP contribution in [0.1, 0.15) is 15.9 Å². The van der Waals surface area contributed by atoms with Gasteiger partial charge in [-0.25, -0.2) is 4.58 Å². The first-order chi connectivity index (χ1) is 11.2. The summed E-state index contributed by atoms with van der Waals surface area (Å²) in [5, 5.41) is 5.17. The van der Waals surface area contributed by atoms with Crippen molar-refractivity contribution in [2.45, 2.75) is 6.54 Å². The fourth-order valence-corrected chi connectivity index (χ4v) is 3.58. The summed E-state index contributed by atoms with van der Waals surface area (Å²) >= 11 is 7.64. The Morgan fingerprint density at radius 2 is 1.87 bits per heavy atom. The molecule has 1 N–H and O–H groups in total. The van der Waals surface area contributed by atoms with E-state index in [1.54, 1.807) is 36.0 Å². The zero-order valence-electron chi connectivity index (χ0n) is 12.7. The minimum atomic E-state index is 0.114. The van der Waals surface area contributed by atoms with Gasteiger partial charge in [-0.1, -0.05) is 41.9 Å². The molecule has 3 rings (SSSR count). The van der Waals surface area contributed by atoms with E-state index in [-0.39, 0.29) is 5.78 Å². The van der Waals surface area contributed by atoms with E-state index in [0.717, 1.165) is 24.0 Å². The summed E-state index contributed by atoms with van der Waals surface area (Å²) in [6.07, 6.45) is 0. The predicted molar refractivity (Wildman–Crippen MR) is 96.5 cm³/mol. The maximum Gasteiger partial charge on any atom is 0.307 e. The number of nitrogens with zero attached hydrogens (tertiary/aromatic N) is 1. The van der Waals surface area contributed by atoms with Crippen LogP contribution in [-0.2, 0) is 6.54 Å². The van der Waals surface area contributed by atoms with Crippen LogP contribution in [0.5, 0.6) is 0 Å². The molecule has 0 radical (unpaired) electrons. The molecule has 0 aliphatic carbocycles. The van der Waals surface area contributed by atoms with E-state index >= 15 is 0 Å². The van der Waals surface area contributed by atoms with Crippen molar-refractivity contribution in [3.8, 4) is 0 Å². The van der Waals surface area contributed by atoms with Gasteiger partial charge in [0.2, 0.25) is 5.78 Å². The molecule has 0 bridgehead atoms. The Bertz CT molecular complexity index is 714. The van der Waals surface area contributed by atoms with E-state index in [4.69, 9.17) is 11.6 Å². The van der Waals surface area contributed by atoms with E-state index in [1.165, 1.54) is 5.56 Å². The fraction of sp³-hybridized carbons (Fsp3) is 0.222. The van der Waals surface area contributed by atoms with Gasteiger partial charge in [0, 0.05) is 16.3 Å². The van der Waals surface area contributed by atoms with Crippen LogP contribution in [0.3, 0.4) is 0 Å². The van der Waals surface area contributed by atoms with Crippen molar-refractivity contribution in [2.24, 2.45) is 0 Å². The molecule has 0 saturated carbocycles. The zero-order chi connectivity index (χ0) is 16.1. The molecule has 118 valence electrons. The summed E-state index contributed by atoms with van der Waals surface area (Å²) in [5.41, 5.74) is 1.94. The van der Waals surface area contributed by atoms with Gasteiger partial charge in [0.25, 0.3) is 0 Å². The molecule has 3 nitrogen and oxygen atoms in total. The summed E-state index contributed by atoms with van der Waals surface area (Å²) in [6.45, 7) is 2.06. The van der Waals surface area contributed by atoms with Crippen LogP contribution in [0.25, 0.3) is 0 Å². The number of thioether (sulfide) groups is 1. The first-order valence-electron chi connectivity index (χ1n) is 7.53. The number of halogens is 1. The third-order valence-electron chi connectivity index (χ3n) is 3.67. The van der Waals surface area contributed by atoms with Crippen LogP contribution in [0.15, 0.2) is 54.6 Å². The highest BCUT2D eigenvalue weighted by Crippen LogP contribution is 2.13. The van der Waals surface area contributed by atoms with Gasteiger partial charge in [0.05, 0.1) is 6.54 Å². The SMILES string of the molecule is O=C(C[N+]1=C(NCc2ccccc2)SCC1)c1ccc(Cl)cc1. The van der Waals surface area contributed by atoms with Crippen molar-refractivity contribution in [1.82, 2.24) is 5.32 Å². The van der Waals surface area contributed by atoms with Crippen LogP contribution in [0.2, 0.25) is 5.02 Å². The molecule has 2 aromatic rings. The highest BCUT2D eigenvalue weighted by molar-refractivity contribution is 8.13. The Kier molecular flexibility index (Phi) is 5.36. The van der Waals surface area contributed by atoms with Gasteiger partial charge >= 0.3 is 5.17 Å². The number of nitrogens with one attached hydrogen (secondary N) is 1. The summed E-state index contributed by atoms with van der Waals surface area (Å²) < 4.78 is 2.12. The number of amidine groups is 1. The van der Waals surface area contributed by atoms with E-state index in [2.05, 4.69) is 22.0 Å². The molecule has 5 heteroatoms. The van der Waals surface area contributed by atoms with Crippen LogP contribution < -0.4 is 5.32 Å². The molecule has 0 spiro atoms. The van der Waals surface area contributed by atoms with E-state index < -0.39 is 0 Å². The molecular formula is C18H18ClN2OS+. The first kappa shape index (κ1) is 16.1. The average Bonchev–Trinajstić information content (AvgIpc) is 3.01. The van der Waals surface area contributed by atoms with Crippen molar-refractivity contribution in [3.05, 3.63) is 70.7 Å². The molecular weight excluding hydrogens is 328 g/mol. The molecule has 0 aromatic heterocycles. The first-order valence-corrected chi connectivity index (χ1v) is 8.90. The molecule has 0 unspecified atom stereocenters. The topological polar surface area (TPSA) is 32.1 Å². The Labute approximate surface area is 145 Å². The quantitative estimate of drug-likeness (QED) is 0.665. The van der Waals surface area contributed by atoms with Gasteiger partial charge in [-0.2, -0.15) is 0 Å². The number of Topliss-reactive ketones (excluding diaryl/α,β-unsaturated/α-hetero) is 1. The third kappa shape index (κ3) is 4.36. The third-order valence-corrected chi connectivity index (χ3v) is 4.99. The summed E-state index contributed by atoms with van der Waals surface area (Å²) in [5.74, 6) is 1.12. The van der Waals surface area contributed by atoms with Gasteiger partial charge in [-0.15, -0.1) is 0 Å². The largest absolute Gasteiger partial charge is 0.307 e. The smallest absolute Gasteiger partial charge is 0.290 e. The van der Waals surface area contributed by atoms with Gasteiger partial charge < -0.3 is 0 Å². The molecule has 0 amide bonds. The Balaban J connectivity index is 1.65. The second-order valence-electron chi connectivity index (χ2n) is 5.34. The maximum absolute atomic E-state index is 12.4. The lowest BCUT2D eigenvalue weighted by molar-refractivity contribution is -0.505. The summed E-state index contributed by atoms with van der Waals surface area (Å²) in [7, 11) is 0.